The van der Waals surface area contributed by atoms with Gasteiger partial charge in [-0.15, -0.1) is 0 Å². The van der Waals surface area contributed by atoms with Crippen molar-refractivity contribution in [2.75, 3.05) is 13.7 Å². The lowest BCUT2D eigenvalue weighted by molar-refractivity contribution is -0.174. The van der Waals surface area contributed by atoms with Crippen LogP contribution >= 0.6 is 0 Å². The summed E-state index contributed by atoms with van der Waals surface area (Å²) in [6.45, 7) is 1.32. The molecule has 0 saturated heterocycles. The molecule has 0 radical (unpaired) electrons. The number of aromatic nitrogens is 1. The van der Waals surface area contributed by atoms with Gasteiger partial charge < -0.3 is 20.2 Å². The van der Waals surface area contributed by atoms with Crippen molar-refractivity contribution in [3.8, 4) is 5.75 Å². The number of hydrogen-bond donors (Lipinski definition) is 2. The molecule has 0 aliphatic carbocycles. The maximum atomic E-state index is 14.0. The van der Waals surface area contributed by atoms with Gasteiger partial charge in [0.15, 0.2) is 0 Å². The van der Waals surface area contributed by atoms with Crippen LogP contribution in [0.4, 0.5) is 8.78 Å². The first-order chi connectivity index (χ1) is 9.91. The number of carbonyl (C=O) groups excluding carboxylic acids is 1. The number of H-pyrrole nitrogens is 1. The second-order valence-corrected chi connectivity index (χ2v) is 4.48. The van der Waals surface area contributed by atoms with Crippen molar-refractivity contribution in [3.63, 3.8) is 0 Å². The molecule has 114 valence electrons. The molecule has 0 bridgehead atoms. The molecule has 0 spiro atoms. The number of ether oxygens (including phenoxy) is 2. The van der Waals surface area contributed by atoms with Crippen molar-refractivity contribution >= 4 is 16.9 Å². The van der Waals surface area contributed by atoms with Crippen LogP contribution in [0.2, 0.25) is 0 Å². The van der Waals surface area contributed by atoms with Crippen molar-refractivity contribution in [1.82, 2.24) is 4.98 Å². The van der Waals surface area contributed by atoms with Gasteiger partial charge >= 0.3 is 11.9 Å². The summed E-state index contributed by atoms with van der Waals surface area (Å²) in [6, 6.07) is 3.16. The predicted molar refractivity (Wildman–Crippen MR) is 73.4 cm³/mol. The second kappa shape index (κ2) is 5.69. The predicted octanol–water partition coefficient (Wildman–Crippen LogP) is 2.37. The number of benzene rings is 1. The maximum absolute atomic E-state index is 14.0. The average molecular weight is 298 g/mol. The average Bonchev–Trinajstić information content (AvgIpc) is 2.89. The van der Waals surface area contributed by atoms with Gasteiger partial charge in [0.05, 0.1) is 13.7 Å². The number of methoxy groups -OCH3 is 1. The van der Waals surface area contributed by atoms with Crippen molar-refractivity contribution in [3.05, 3.63) is 30.0 Å². The van der Waals surface area contributed by atoms with E-state index in [1.165, 1.54) is 20.2 Å². The summed E-state index contributed by atoms with van der Waals surface area (Å²) in [5, 5.41) is 0.478. The Balaban J connectivity index is 2.43. The van der Waals surface area contributed by atoms with Gasteiger partial charge in [0.25, 0.3) is 0 Å². The molecule has 0 unspecified atom stereocenters. The van der Waals surface area contributed by atoms with Crippen LogP contribution < -0.4 is 10.5 Å². The minimum atomic E-state index is -3.81. The number of rotatable bonds is 5. The summed E-state index contributed by atoms with van der Waals surface area (Å²) in [7, 11) is 1.47. The van der Waals surface area contributed by atoms with Gasteiger partial charge in [-0.2, -0.15) is 8.78 Å². The first kappa shape index (κ1) is 15.2. The zero-order valence-corrected chi connectivity index (χ0v) is 11.7. The Hall–Kier alpha value is -2.15. The molecule has 5 nitrogen and oxygen atoms in total. The van der Waals surface area contributed by atoms with Crippen LogP contribution in [-0.2, 0) is 9.53 Å². The van der Waals surface area contributed by atoms with Gasteiger partial charge in [0.1, 0.15) is 11.8 Å². The van der Waals surface area contributed by atoms with Crippen LogP contribution in [0, 0.1) is 0 Å². The fourth-order valence-electron chi connectivity index (χ4n) is 2.06. The highest BCUT2D eigenvalue weighted by atomic mass is 19.3. The summed E-state index contributed by atoms with van der Waals surface area (Å²) in [5.41, 5.74) is 6.35. The van der Waals surface area contributed by atoms with E-state index in [0.717, 1.165) is 0 Å². The lowest BCUT2D eigenvalue weighted by Gasteiger charge is -2.21. The Morgan fingerprint density at radius 1 is 1.48 bits per heavy atom. The van der Waals surface area contributed by atoms with Gasteiger partial charge in [0, 0.05) is 22.7 Å². The van der Waals surface area contributed by atoms with E-state index in [1.807, 2.05) is 0 Å². The van der Waals surface area contributed by atoms with E-state index in [9.17, 15) is 13.6 Å². The van der Waals surface area contributed by atoms with Crippen molar-refractivity contribution in [2.45, 2.75) is 18.9 Å². The third-order valence-corrected chi connectivity index (χ3v) is 3.19. The molecular formula is C14H16F2N2O3. The number of aromatic amines is 1. The van der Waals surface area contributed by atoms with Crippen LogP contribution in [0.1, 0.15) is 18.5 Å². The molecule has 0 amide bonds. The van der Waals surface area contributed by atoms with E-state index < -0.39 is 17.9 Å². The zero-order valence-electron chi connectivity index (χ0n) is 11.7. The fourth-order valence-corrected chi connectivity index (χ4v) is 2.06. The van der Waals surface area contributed by atoms with Crippen LogP contribution in [0.15, 0.2) is 24.4 Å². The summed E-state index contributed by atoms with van der Waals surface area (Å²) in [5.74, 6) is -4.93. The van der Waals surface area contributed by atoms with Gasteiger partial charge in [-0.1, -0.05) is 0 Å². The molecule has 1 aromatic heterocycles. The molecule has 0 saturated carbocycles. The number of fused-ring (bicyclic) bond motifs is 1. The Kier molecular flexibility index (Phi) is 4.13. The van der Waals surface area contributed by atoms with Crippen LogP contribution in [0.5, 0.6) is 5.75 Å². The monoisotopic (exact) mass is 298 g/mol. The minimum Gasteiger partial charge on any atom is -0.497 e. The first-order valence-electron chi connectivity index (χ1n) is 6.37. The summed E-state index contributed by atoms with van der Waals surface area (Å²) in [6.07, 6.45) is 1.36. The van der Waals surface area contributed by atoms with E-state index in [-0.39, 0.29) is 12.2 Å². The molecular weight excluding hydrogens is 282 g/mol. The molecule has 0 fully saturated rings. The number of alkyl halides is 2. The van der Waals surface area contributed by atoms with E-state index in [1.54, 1.807) is 18.2 Å². The molecule has 0 aliphatic rings. The molecule has 0 aliphatic heterocycles. The lowest BCUT2D eigenvalue weighted by Crippen LogP contribution is -2.41. The van der Waals surface area contributed by atoms with Crippen molar-refractivity contribution in [1.29, 1.82) is 0 Å². The molecule has 21 heavy (non-hydrogen) atoms. The maximum Gasteiger partial charge on any atom is 0.379 e. The molecule has 7 heteroatoms. The van der Waals surface area contributed by atoms with E-state index in [2.05, 4.69) is 9.72 Å². The number of nitrogens with two attached hydrogens (primary N) is 1. The number of nitrogens with one attached hydrogen (secondary N) is 1. The standard InChI is InChI=1S/C14H16F2N2O3/c1-3-21-13(19)14(15,16)12(17)10-7-18-11-5-4-8(20-2)6-9(10)11/h4-7,12,18H,3,17H2,1-2H3/t12-/m1/s1. The first-order valence-corrected chi connectivity index (χ1v) is 6.37. The highest BCUT2D eigenvalue weighted by Crippen LogP contribution is 2.35. The normalized spacial score (nSPS) is 13.2. The zero-order chi connectivity index (χ0) is 15.6. The van der Waals surface area contributed by atoms with Crippen molar-refractivity contribution < 1.29 is 23.0 Å². The van der Waals surface area contributed by atoms with Crippen LogP contribution in [-0.4, -0.2) is 30.6 Å². The Morgan fingerprint density at radius 2 is 2.19 bits per heavy atom. The van der Waals surface area contributed by atoms with Gasteiger partial charge in [-0.25, -0.2) is 4.79 Å². The van der Waals surface area contributed by atoms with Crippen LogP contribution in [0.25, 0.3) is 10.9 Å². The van der Waals surface area contributed by atoms with Gasteiger partial charge in [0.2, 0.25) is 0 Å². The SMILES string of the molecule is CCOC(=O)C(F)(F)[C@H](N)c1c[nH]c2ccc(OC)cc12. The van der Waals surface area contributed by atoms with Gasteiger partial charge in [-0.3, -0.25) is 0 Å². The summed E-state index contributed by atoms with van der Waals surface area (Å²) >= 11 is 0. The molecule has 1 atom stereocenters. The molecule has 2 rings (SSSR count). The number of halogens is 2. The topological polar surface area (TPSA) is 77.3 Å². The van der Waals surface area contributed by atoms with E-state index in [0.29, 0.717) is 16.7 Å². The molecule has 1 heterocycles. The quantitative estimate of drug-likeness (QED) is 0.831. The smallest absolute Gasteiger partial charge is 0.379 e. The Morgan fingerprint density at radius 3 is 2.81 bits per heavy atom. The van der Waals surface area contributed by atoms with Crippen molar-refractivity contribution in [2.24, 2.45) is 5.73 Å². The Labute approximate surface area is 120 Å². The minimum absolute atomic E-state index is 0.127. The van der Waals surface area contributed by atoms with E-state index in [4.69, 9.17) is 10.5 Å². The van der Waals surface area contributed by atoms with E-state index >= 15 is 0 Å². The van der Waals surface area contributed by atoms with Gasteiger partial charge in [-0.05, 0) is 25.1 Å². The highest BCUT2D eigenvalue weighted by molar-refractivity contribution is 5.87. The third-order valence-electron chi connectivity index (χ3n) is 3.19. The molecule has 1 aromatic carbocycles. The molecule has 2 aromatic rings. The number of esters is 1. The second-order valence-electron chi connectivity index (χ2n) is 4.48. The fraction of sp³-hybridized carbons (Fsp3) is 0.357. The Bertz CT molecular complexity index is 655. The molecule has 3 N–H and O–H groups in total. The third kappa shape index (κ3) is 2.69. The lowest BCUT2D eigenvalue weighted by atomic mass is 10.0. The number of carbonyl (C=O) groups is 1. The highest BCUT2D eigenvalue weighted by Gasteiger charge is 2.48. The summed E-state index contributed by atoms with van der Waals surface area (Å²) < 4.78 is 37.5. The summed E-state index contributed by atoms with van der Waals surface area (Å²) in [4.78, 5) is 14.2. The largest absolute Gasteiger partial charge is 0.497 e. The number of hydrogen-bond acceptors (Lipinski definition) is 4. The van der Waals surface area contributed by atoms with Crippen LogP contribution in [0.3, 0.4) is 0 Å².